The van der Waals surface area contributed by atoms with Crippen molar-refractivity contribution in [2.45, 2.75) is 37.7 Å². The zero-order valence-electron chi connectivity index (χ0n) is 11.2. The molecular formula is C14H19F2N3O. The van der Waals surface area contributed by atoms with Crippen LogP contribution in [-0.2, 0) is 0 Å². The van der Waals surface area contributed by atoms with Gasteiger partial charge >= 0.3 is 0 Å². The molecule has 1 aromatic rings. The average molecular weight is 283 g/mol. The summed E-state index contributed by atoms with van der Waals surface area (Å²) in [6.45, 7) is 0.169. The van der Waals surface area contributed by atoms with Gasteiger partial charge in [0, 0.05) is 6.07 Å². The molecule has 1 aliphatic carbocycles. The second kappa shape index (κ2) is 6.17. The predicted octanol–water partition coefficient (Wildman–Crippen LogP) is 2.39. The van der Waals surface area contributed by atoms with Crippen molar-refractivity contribution in [3.05, 3.63) is 29.8 Å². The molecule has 0 saturated heterocycles. The molecule has 4 N–H and O–H groups in total. The molecule has 1 aromatic carbocycles. The summed E-state index contributed by atoms with van der Waals surface area (Å²) in [7, 11) is 0. The number of nitrogens with zero attached hydrogens (tertiary/aromatic N) is 1. The Morgan fingerprint density at radius 2 is 2.00 bits per heavy atom. The van der Waals surface area contributed by atoms with Crippen molar-refractivity contribution in [1.82, 2.24) is 0 Å². The van der Waals surface area contributed by atoms with Gasteiger partial charge in [-0.25, -0.2) is 8.78 Å². The number of nitrogens with one attached hydrogen (secondary N) is 1. The number of halogens is 2. The first-order valence-electron chi connectivity index (χ1n) is 6.73. The first-order valence-corrected chi connectivity index (χ1v) is 6.73. The fourth-order valence-corrected chi connectivity index (χ4v) is 2.37. The van der Waals surface area contributed by atoms with Crippen LogP contribution >= 0.6 is 0 Å². The van der Waals surface area contributed by atoms with Crippen LogP contribution in [0.5, 0.6) is 0 Å². The quantitative estimate of drug-likeness (QED) is 0.589. The monoisotopic (exact) mass is 283 g/mol. The Labute approximate surface area is 116 Å². The topological polar surface area (TPSA) is 70.6 Å². The van der Waals surface area contributed by atoms with Crippen molar-refractivity contribution in [2.75, 3.05) is 11.9 Å². The third-order valence-electron chi connectivity index (χ3n) is 3.52. The van der Waals surface area contributed by atoms with Gasteiger partial charge in [-0.3, -0.25) is 4.99 Å². The van der Waals surface area contributed by atoms with Crippen molar-refractivity contribution in [1.29, 1.82) is 0 Å². The Balaban J connectivity index is 1.98. The molecule has 1 saturated carbocycles. The van der Waals surface area contributed by atoms with Gasteiger partial charge in [-0.15, -0.1) is 0 Å². The van der Waals surface area contributed by atoms with Crippen molar-refractivity contribution in [3.8, 4) is 0 Å². The zero-order chi connectivity index (χ0) is 14.6. The lowest BCUT2D eigenvalue weighted by atomic mass is 9.85. The Kier molecular flexibility index (Phi) is 4.54. The number of nitrogens with two attached hydrogens (primary N) is 1. The molecule has 0 heterocycles. The maximum absolute atomic E-state index is 13.4. The van der Waals surface area contributed by atoms with E-state index in [4.69, 9.17) is 5.73 Å². The zero-order valence-corrected chi connectivity index (χ0v) is 11.2. The van der Waals surface area contributed by atoms with Crippen LogP contribution in [0, 0.1) is 11.6 Å². The van der Waals surface area contributed by atoms with Crippen LogP contribution in [-0.4, -0.2) is 23.2 Å². The average Bonchev–Trinajstić information content (AvgIpc) is 2.42. The van der Waals surface area contributed by atoms with Crippen LogP contribution in [0.1, 0.15) is 32.1 Å². The highest BCUT2D eigenvalue weighted by Crippen LogP contribution is 2.28. The first kappa shape index (κ1) is 14.7. The van der Waals surface area contributed by atoms with Crippen molar-refractivity contribution >= 4 is 11.6 Å². The van der Waals surface area contributed by atoms with Crippen LogP contribution in [0.3, 0.4) is 0 Å². The summed E-state index contributed by atoms with van der Waals surface area (Å²) < 4.78 is 26.4. The molecule has 0 radical (unpaired) electrons. The molecule has 4 nitrogen and oxygen atoms in total. The fourth-order valence-electron chi connectivity index (χ4n) is 2.37. The molecule has 0 atom stereocenters. The third kappa shape index (κ3) is 3.90. The van der Waals surface area contributed by atoms with Gasteiger partial charge in [0.2, 0.25) is 0 Å². The number of rotatable bonds is 3. The van der Waals surface area contributed by atoms with E-state index in [2.05, 4.69) is 10.3 Å². The molecule has 0 amide bonds. The number of aliphatic imine (C=N–C) groups is 1. The minimum atomic E-state index is -0.828. The van der Waals surface area contributed by atoms with Crippen molar-refractivity contribution in [3.63, 3.8) is 0 Å². The second-order valence-corrected chi connectivity index (χ2v) is 5.24. The van der Waals surface area contributed by atoms with Crippen LogP contribution < -0.4 is 11.1 Å². The number of hydrogen-bond acceptors (Lipinski definition) is 2. The molecule has 110 valence electrons. The molecular weight excluding hydrogens is 264 g/mol. The van der Waals surface area contributed by atoms with Crippen LogP contribution in [0.25, 0.3) is 0 Å². The first-order chi connectivity index (χ1) is 9.48. The maximum atomic E-state index is 13.4. The second-order valence-electron chi connectivity index (χ2n) is 5.24. The number of guanidine groups is 1. The van der Waals surface area contributed by atoms with Gasteiger partial charge in [-0.2, -0.15) is 0 Å². The van der Waals surface area contributed by atoms with Gasteiger partial charge in [-0.1, -0.05) is 19.3 Å². The lowest BCUT2D eigenvalue weighted by Crippen LogP contribution is -2.36. The summed E-state index contributed by atoms with van der Waals surface area (Å²) >= 11 is 0. The van der Waals surface area contributed by atoms with Gasteiger partial charge in [0.05, 0.1) is 17.8 Å². The molecule has 1 fully saturated rings. The van der Waals surface area contributed by atoms with Crippen molar-refractivity contribution in [2.24, 2.45) is 10.7 Å². The summed E-state index contributed by atoms with van der Waals surface area (Å²) in [5, 5.41) is 12.8. The summed E-state index contributed by atoms with van der Waals surface area (Å²) in [5.74, 6) is -1.21. The van der Waals surface area contributed by atoms with E-state index in [1.165, 1.54) is 0 Å². The number of benzene rings is 1. The molecule has 0 spiro atoms. The Bertz CT molecular complexity index is 499. The summed E-state index contributed by atoms with van der Waals surface area (Å²) in [6, 6.07) is 3.05. The van der Waals surface area contributed by atoms with E-state index in [0.29, 0.717) is 12.8 Å². The van der Waals surface area contributed by atoms with Crippen molar-refractivity contribution < 1.29 is 13.9 Å². The normalized spacial score (nSPS) is 18.9. The van der Waals surface area contributed by atoms with Gasteiger partial charge < -0.3 is 16.2 Å². The molecule has 20 heavy (non-hydrogen) atoms. The number of hydrogen-bond donors (Lipinski definition) is 3. The maximum Gasteiger partial charge on any atom is 0.193 e. The Hall–Kier alpha value is -1.69. The SMILES string of the molecule is NC(=NCC1(O)CCCCC1)Nc1cc(F)ccc1F. The highest BCUT2D eigenvalue weighted by atomic mass is 19.1. The van der Waals surface area contributed by atoms with Gasteiger partial charge in [0.1, 0.15) is 11.6 Å². The fraction of sp³-hybridized carbons (Fsp3) is 0.500. The smallest absolute Gasteiger partial charge is 0.193 e. The Morgan fingerprint density at radius 1 is 1.30 bits per heavy atom. The van der Waals surface area contributed by atoms with Gasteiger partial charge in [-0.05, 0) is 25.0 Å². The minimum Gasteiger partial charge on any atom is -0.388 e. The number of anilines is 1. The highest BCUT2D eigenvalue weighted by molar-refractivity contribution is 5.92. The lowest BCUT2D eigenvalue weighted by Gasteiger charge is -2.30. The van der Waals surface area contributed by atoms with E-state index in [0.717, 1.165) is 37.5 Å². The third-order valence-corrected chi connectivity index (χ3v) is 3.52. The largest absolute Gasteiger partial charge is 0.388 e. The summed E-state index contributed by atoms with van der Waals surface area (Å²) in [5.41, 5.74) is 4.74. The Morgan fingerprint density at radius 3 is 2.70 bits per heavy atom. The molecule has 0 aliphatic heterocycles. The highest BCUT2D eigenvalue weighted by Gasteiger charge is 2.28. The van der Waals surface area contributed by atoms with Crippen LogP contribution in [0.4, 0.5) is 14.5 Å². The summed E-state index contributed by atoms with van der Waals surface area (Å²) in [4.78, 5) is 4.03. The molecule has 0 aromatic heterocycles. The molecule has 2 rings (SSSR count). The molecule has 1 aliphatic rings. The lowest BCUT2D eigenvalue weighted by molar-refractivity contribution is 0.0132. The van der Waals surface area contributed by atoms with E-state index < -0.39 is 17.2 Å². The van der Waals surface area contributed by atoms with E-state index in [-0.39, 0.29) is 18.2 Å². The van der Waals surface area contributed by atoms with Crippen LogP contribution in [0.15, 0.2) is 23.2 Å². The number of aliphatic hydroxyl groups is 1. The summed E-state index contributed by atoms with van der Waals surface area (Å²) in [6.07, 6.45) is 4.44. The molecule has 0 bridgehead atoms. The van der Waals surface area contributed by atoms with Crippen LogP contribution in [0.2, 0.25) is 0 Å². The standard InChI is InChI=1S/C14H19F2N3O/c15-10-4-5-11(16)12(8-10)19-13(17)18-9-14(20)6-2-1-3-7-14/h4-5,8,20H,1-3,6-7,9H2,(H3,17,18,19). The van der Waals surface area contributed by atoms with E-state index >= 15 is 0 Å². The van der Waals surface area contributed by atoms with E-state index in [1.807, 2.05) is 0 Å². The van der Waals surface area contributed by atoms with E-state index in [9.17, 15) is 13.9 Å². The molecule has 6 heteroatoms. The van der Waals surface area contributed by atoms with Gasteiger partial charge in [0.15, 0.2) is 5.96 Å². The minimum absolute atomic E-state index is 0.0338. The van der Waals surface area contributed by atoms with E-state index in [1.54, 1.807) is 0 Å². The predicted molar refractivity (Wildman–Crippen MR) is 74.5 cm³/mol. The van der Waals surface area contributed by atoms with Gasteiger partial charge in [0.25, 0.3) is 0 Å². The molecule has 0 unspecified atom stereocenters.